The average Bonchev–Trinajstić information content (AvgIpc) is 2.61. The van der Waals surface area contributed by atoms with Gasteiger partial charge in [0.25, 0.3) is 0 Å². The van der Waals surface area contributed by atoms with E-state index in [0.29, 0.717) is 0 Å². The topological polar surface area (TPSA) is 78.9 Å². The fourth-order valence-corrected chi connectivity index (χ4v) is 2.43. The van der Waals surface area contributed by atoms with Gasteiger partial charge in [0.15, 0.2) is 6.61 Å². The van der Waals surface area contributed by atoms with Gasteiger partial charge in [0.1, 0.15) is 17.1 Å². The van der Waals surface area contributed by atoms with Crippen LogP contribution in [0, 0.1) is 6.92 Å². The summed E-state index contributed by atoms with van der Waals surface area (Å²) in [4.78, 5) is 12.4. The number of alkyl halides is 3. The Hall–Kier alpha value is -2.40. The highest BCUT2D eigenvalue weighted by Gasteiger charge is 2.48. The Balaban J connectivity index is 0.000000500. The Bertz CT molecular complexity index is 927. The second kappa shape index (κ2) is 10.8. The number of halogens is 3. The molecule has 0 N–H and O–H groups in total. The zero-order valence-corrected chi connectivity index (χ0v) is 19.0. The predicted octanol–water partition coefficient (Wildman–Crippen LogP) is 4.92. The van der Waals surface area contributed by atoms with Crippen molar-refractivity contribution in [3.8, 4) is 11.5 Å². The van der Waals surface area contributed by atoms with Crippen LogP contribution in [-0.4, -0.2) is 32.1 Å². The lowest BCUT2D eigenvalue weighted by Gasteiger charge is -2.19. The van der Waals surface area contributed by atoms with Crippen molar-refractivity contribution in [1.29, 1.82) is 0 Å². The van der Waals surface area contributed by atoms with Crippen LogP contribution < -0.4 is 8.92 Å². The molecule has 0 saturated carbocycles. The number of hydrogen-bond acceptors (Lipinski definition) is 7. The lowest BCUT2D eigenvalue weighted by molar-refractivity contribution is -0.157. The Morgan fingerprint density at radius 3 is 1.84 bits per heavy atom. The minimum atomic E-state index is -5.72. The maximum atomic E-state index is 12.2. The van der Waals surface area contributed by atoms with Gasteiger partial charge < -0.3 is 13.7 Å². The molecule has 0 amide bonds. The Morgan fingerprint density at radius 2 is 1.42 bits per heavy atom. The van der Waals surface area contributed by atoms with Crippen molar-refractivity contribution in [2.75, 3.05) is 6.61 Å². The summed E-state index contributed by atoms with van der Waals surface area (Å²) in [6.07, 6.45) is 0. The largest absolute Gasteiger partial charge is 0.534 e. The van der Waals surface area contributed by atoms with E-state index in [0.717, 1.165) is 29.2 Å². The van der Waals surface area contributed by atoms with Crippen LogP contribution in [0.15, 0.2) is 53.4 Å². The Labute approximate surface area is 184 Å². The highest BCUT2D eigenvalue weighted by molar-refractivity contribution is 7.88. The molecule has 0 radical (unpaired) electrons. The maximum absolute atomic E-state index is 12.2. The molecule has 31 heavy (non-hydrogen) atoms. The van der Waals surface area contributed by atoms with Crippen LogP contribution in [0.1, 0.15) is 26.3 Å². The number of hydrogen-bond donors (Lipinski definition) is 1. The summed E-state index contributed by atoms with van der Waals surface area (Å²) in [5.41, 5.74) is -4.91. The van der Waals surface area contributed by atoms with Gasteiger partial charge in [-0.05, 0) is 64.1 Å². The van der Waals surface area contributed by atoms with Gasteiger partial charge in [0.05, 0.1) is 0 Å². The standard InChI is InChI=1S/C13H15F3O6S.C7H8S/c1-12(2,3)21-11(17)8-20-9-4-6-10(7-5-9)22-23(18,19)13(14,15)16;1-6-2-4-7(8)5-3-6/h4-7H,8H2,1-3H3;2-5,8H,1H3. The molecule has 0 bridgehead atoms. The third-order valence-electron chi connectivity index (χ3n) is 3.12. The molecule has 0 unspecified atom stereocenters. The van der Waals surface area contributed by atoms with E-state index in [1.807, 2.05) is 24.3 Å². The van der Waals surface area contributed by atoms with Gasteiger partial charge in [-0.3, -0.25) is 0 Å². The van der Waals surface area contributed by atoms with Crippen LogP contribution >= 0.6 is 12.6 Å². The number of carbonyl (C=O) groups is 1. The van der Waals surface area contributed by atoms with Crippen LogP contribution in [0.2, 0.25) is 0 Å². The minimum absolute atomic E-state index is 0.132. The van der Waals surface area contributed by atoms with Crippen LogP contribution in [0.4, 0.5) is 13.2 Å². The lowest BCUT2D eigenvalue weighted by atomic mass is 10.2. The molecule has 0 saturated heterocycles. The molecular formula is C20H23F3O6S2. The SMILES string of the molecule is CC(C)(C)OC(=O)COc1ccc(OS(=O)(=O)C(F)(F)F)cc1.Cc1ccc(S)cc1. The molecule has 0 aliphatic carbocycles. The van der Waals surface area contributed by atoms with E-state index in [4.69, 9.17) is 9.47 Å². The van der Waals surface area contributed by atoms with Gasteiger partial charge in [-0.15, -0.1) is 12.6 Å². The van der Waals surface area contributed by atoms with Crippen molar-refractivity contribution in [2.24, 2.45) is 0 Å². The first kappa shape index (κ1) is 26.6. The van der Waals surface area contributed by atoms with Gasteiger partial charge in [-0.25, -0.2) is 4.79 Å². The summed E-state index contributed by atoms with van der Waals surface area (Å²) in [7, 11) is -5.72. The van der Waals surface area contributed by atoms with Crippen LogP contribution in [0.3, 0.4) is 0 Å². The first-order chi connectivity index (χ1) is 14.1. The normalized spacial score (nSPS) is 11.7. The van der Waals surface area contributed by atoms with Gasteiger partial charge in [-0.2, -0.15) is 21.6 Å². The number of thiol groups is 1. The zero-order valence-electron chi connectivity index (χ0n) is 17.3. The maximum Gasteiger partial charge on any atom is 0.534 e. The first-order valence-electron chi connectivity index (χ1n) is 8.80. The molecule has 0 spiro atoms. The molecule has 0 atom stereocenters. The van der Waals surface area contributed by atoms with Crippen molar-refractivity contribution in [2.45, 2.75) is 43.7 Å². The molecule has 2 rings (SSSR count). The highest BCUT2D eigenvalue weighted by Crippen LogP contribution is 2.27. The monoisotopic (exact) mass is 480 g/mol. The van der Waals surface area contributed by atoms with E-state index in [2.05, 4.69) is 23.7 Å². The molecule has 11 heteroatoms. The summed E-state index contributed by atoms with van der Waals surface area (Å²) in [6, 6.07) is 12.3. The fourth-order valence-electron chi connectivity index (χ4n) is 1.82. The molecule has 6 nitrogen and oxygen atoms in total. The van der Waals surface area contributed by atoms with E-state index < -0.39 is 39.6 Å². The molecule has 0 fully saturated rings. The van der Waals surface area contributed by atoms with Gasteiger partial charge in [0.2, 0.25) is 0 Å². The Kier molecular flexibility index (Phi) is 9.25. The third-order valence-corrected chi connectivity index (χ3v) is 4.40. The number of benzene rings is 2. The number of carbonyl (C=O) groups excluding carboxylic acids is 1. The van der Waals surface area contributed by atoms with Gasteiger partial charge in [-0.1, -0.05) is 17.7 Å². The summed E-state index contributed by atoms with van der Waals surface area (Å²) >= 11 is 4.13. The Morgan fingerprint density at radius 1 is 0.935 bits per heavy atom. The van der Waals surface area contributed by atoms with Crippen LogP contribution in [0.25, 0.3) is 0 Å². The lowest BCUT2D eigenvalue weighted by Crippen LogP contribution is -2.28. The first-order valence-corrected chi connectivity index (χ1v) is 10.7. The summed E-state index contributed by atoms with van der Waals surface area (Å²) in [6.45, 7) is 6.69. The summed E-state index contributed by atoms with van der Waals surface area (Å²) in [5.74, 6) is -1.03. The molecule has 0 aromatic heterocycles. The van der Waals surface area contributed by atoms with Crippen molar-refractivity contribution in [3.05, 3.63) is 54.1 Å². The van der Waals surface area contributed by atoms with Crippen LogP contribution in [-0.2, 0) is 19.6 Å². The molecule has 172 valence electrons. The van der Waals surface area contributed by atoms with E-state index in [9.17, 15) is 26.4 Å². The number of esters is 1. The second-order valence-electron chi connectivity index (χ2n) is 7.17. The highest BCUT2D eigenvalue weighted by atomic mass is 32.2. The van der Waals surface area contributed by atoms with E-state index in [1.54, 1.807) is 20.8 Å². The summed E-state index contributed by atoms with van der Waals surface area (Å²) < 4.78 is 72.1. The van der Waals surface area contributed by atoms with Gasteiger partial charge >= 0.3 is 21.6 Å². The van der Waals surface area contributed by atoms with E-state index in [1.165, 1.54) is 5.56 Å². The number of aryl methyl sites for hydroxylation is 1. The van der Waals surface area contributed by atoms with Crippen molar-refractivity contribution < 1.29 is 40.0 Å². The second-order valence-corrected chi connectivity index (χ2v) is 9.22. The molecule has 2 aromatic carbocycles. The van der Waals surface area contributed by atoms with Crippen LogP contribution in [0.5, 0.6) is 11.5 Å². The van der Waals surface area contributed by atoms with E-state index in [-0.39, 0.29) is 5.75 Å². The van der Waals surface area contributed by atoms with E-state index >= 15 is 0 Å². The smallest absolute Gasteiger partial charge is 0.482 e. The molecule has 0 aliphatic rings. The van der Waals surface area contributed by atoms with Crippen molar-refractivity contribution >= 4 is 28.7 Å². The average molecular weight is 481 g/mol. The minimum Gasteiger partial charge on any atom is -0.482 e. The summed E-state index contributed by atoms with van der Waals surface area (Å²) in [5, 5.41) is 0. The number of ether oxygens (including phenoxy) is 2. The third kappa shape index (κ3) is 10.5. The number of rotatable bonds is 5. The zero-order chi connectivity index (χ0) is 23.9. The van der Waals surface area contributed by atoms with Crippen molar-refractivity contribution in [1.82, 2.24) is 0 Å². The molecule has 0 aliphatic heterocycles. The molecule has 2 aromatic rings. The van der Waals surface area contributed by atoms with Crippen molar-refractivity contribution in [3.63, 3.8) is 0 Å². The fraction of sp³-hybridized carbons (Fsp3) is 0.350. The quantitative estimate of drug-likeness (QED) is 0.283. The molecular weight excluding hydrogens is 457 g/mol. The predicted molar refractivity (Wildman–Crippen MR) is 112 cm³/mol. The van der Waals surface area contributed by atoms with Gasteiger partial charge in [0, 0.05) is 4.90 Å². The molecule has 0 heterocycles.